The van der Waals surface area contributed by atoms with E-state index in [4.69, 9.17) is 15.3 Å². The third kappa shape index (κ3) is 8.44. The maximum absolute atomic E-state index is 10.2. The Bertz CT molecular complexity index is 454. The van der Waals surface area contributed by atoms with Gasteiger partial charge in [-0.1, -0.05) is 0 Å². The summed E-state index contributed by atoms with van der Waals surface area (Å²) in [6, 6.07) is 0. The number of ketones is 3. The number of allylic oxidation sites excluding steroid dienone is 6. The van der Waals surface area contributed by atoms with E-state index in [9.17, 15) is 14.4 Å². The van der Waals surface area contributed by atoms with Gasteiger partial charge in [-0.05, 0) is 0 Å². The number of aliphatic hydroxyl groups is 3. The Kier molecular flexibility index (Phi) is 9.13. The van der Waals surface area contributed by atoms with Gasteiger partial charge in [0.1, 0.15) is 0 Å². The fourth-order valence-corrected chi connectivity index (χ4v) is 1.74. The first-order chi connectivity index (χ1) is 9.86. The molecular weight excluding hydrogens is 332 g/mol. The van der Waals surface area contributed by atoms with E-state index >= 15 is 0 Å². The van der Waals surface area contributed by atoms with Gasteiger partial charge in [-0.2, -0.15) is 0 Å². The number of carbonyl (C=O) groups excluding carboxylic acids is 3. The summed E-state index contributed by atoms with van der Waals surface area (Å²) in [4.78, 5) is 30.7. The minimum Gasteiger partial charge on any atom is -0.512 e. The van der Waals surface area contributed by atoms with Gasteiger partial charge in [0.25, 0.3) is 0 Å². The Balaban J connectivity index is 0.000000294. The molecule has 6 nitrogen and oxygen atoms in total. The maximum atomic E-state index is 10.2. The zero-order chi connectivity index (χ0) is 15.8. The van der Waals surface area contributed by atoms with Crippen molar-refractivity contribution in [2.24, 2.45) is 0 Å². The van der Waals surface area contributed by atoms with Crippen LogP contribution in [0, 0.1) is 0 Å². The first-order valence-corrected chi connectivity index (χ1v) is 6.64. The van der Waals surface area contributed by atoms with Crippen LogP contribution >= 0.6 is 0 Å². The summed E-state index contributed by atoms with van der Waals surface area (Å²) in [7, 11) is 0. The SMILES string of the molecule is O=C1C=C(O)CC1.O=C1C=C(O)CC1.O=C1C=C(O)CC1.[Fe+3]. The molecule has 1 radical (unpaired) electrons. The molecule has 3 aliphatic carbocycles. The third-order valence-electron chi connectivity index (χ3n) is 2.87. The predicted octanol–water partition coefficient (Wildman–Crippen LogP) is 2.37. The second-order valence-corrected chi connectivity index (χ2v) is 4.81. The van der Waals surface area contributed by atoms with E-state index in [-0.39, 0.29) is 51.7 Å². The van der Waals surface area contributed by atoms with Gasteiger partial charge in [0, 0.05) is 56.8 Å². The zero-order valence-electron chi connectivity index (χ0n) is 11.9. The van der Waals surface area contributed by atoms with Crippen LogP contribution in [0.25, 0.3) is 0 Å². The summed E-state index contributed by atoms with van der Waals surface area (Å²) in [6.45, 7) is 0. The van der Waals surface area contributed by atoms with Crippen LogP contribution in [-0.2, 0) is 31.5 Å². The van der Waals surface area contributed by atoms with E-state index in [0.29, 0.717) is 38.5 Å². The van der Waals surface area contributed by atoms with Crippen molar-refractivity contribution in [3.8, 4) is 0 Å². The summed E-state index contributed by atoms with van der Waals surface area (Å²) in [5, 5.41) is 25.6. The third-order valence-corrected chi connectivity index (χ3v) is 2.87. The summed E-state index contributed by atoms with van der Waals surface area (Å²) in [5.74, 6) is 0.799. The Morgan fingerprint density at radius 1 is 0.545 bits per heavy atom. The number of hydrogen-bond donors (Lipinski definition) is 3. The van der Waals surface area contributed by atoms with Gasteiger partial charge in [-0.15, -0.1) is 0 Å². The van der Waals surface area contributed by atoms with E-state index in [1.165, 1.54) is 18.2 Å². The average Bonchev–Trinajstić information content (AvgIpc) is 3.06. The van der Waals surface area contributed by atoms with Crippen LogP contribution in [0.2, 0.25) is 0 Å². The van der Waals surface area contributed by atoms with Crippen molar-refractivity contribution in [1.82, 2.24) is 0 Å². The second kappa shape index (κ2) is 9.97. The Morgan fingerprint density at radius 3 is 0.818 bits per heavy atom. The molecule has 0 aromatic heterocycles. The molecule has 0 spiro atoms. The van der Waals surface area contributed by atoms with Crippen molar-refractivity contribution < 1.29 is 46.8 Å². The largest absolute Gasteiger partial charge is 3.00 e. The van der Waals surface area contributed by atoms with Crippen LogP contribution in [0.5, 0.6) is 0 Å². The fraction of sp³-hybridized carbons (Fsp3) is 0.400. The summed E-state index contributed by atoms with van der Waals surface area (Å²) < 4.78 is 0. The van der Waals surface area contributed by atoms with Gasteiger partial charge < -0.3 is 15.3 Å². The Morgan fingerprint density at radius 2 is 0.773 bits per heavy atom. The second-order valence-electron chi connectivity index (χ2n) is 4.81. The molecule has 3 aliphatic rings. The molecule has 0 aliphatic heterocycles. The van der Waals surface area contributed by atoms with E-state index in [0.717, 1.165) is 0 Å². The molecular formula is C15H18FeO6+3. The predicted molar refractivity (Wildman–Crippen MR) is 74.9 cm³/mol. The van der Waals surface area contributed by atoms with Gasteiger partial charge in [-0.25, -0.2) is 0 Å². The van der Waals surface area contributed by atoms with Crippen LogP contribution in [-0.4, -0.2) is 32.7 Å². The molecule has 7 heteroatoms. The van der Waals surface area contributed by atoms with E-state index in [1.54, 1.807) is 0 Å². The smallest absolute Gasteiger partial charge is 0.512 e. The van der Waals surface area contributed by atoms with Crippen molar-refractivity contribution >= 4 is 17.3 Å². The fourth-order valence-electron chi connectivity index (χ4n) is 1.74. The van der Waals surface area contributed by atoms with Crippen molar-refractivity contribution in [2.75, 3.05) is 0 Å². The standard InChI is InChI=1S/3C5H6O2.Fe/c3*6-4-1-2-5(7)3-4;/h3*3,6H,1-2H2;/q;;;+3. The molecule has 0 atom stereocenters. The van der Waals surface area contributed by atoms with E-state index < -0.39 is 0 Å². The minimum absolute atomic E-state index is 0. The molecule has 0 heterocycles. The topological polar surface area (TPSA) is 112 Å². The van der Waals surface area contributed by atoms with Crippen molar-refractivity contribution in [1.29, 1.82) is 0 Å². The van der Waals surface area contributed by atoms with Crippen LogP contribution in [0.1, 0.15) is 38.5 Å². The molecule has 0 amide bonds. The molecule has 0 aromatic rings. The zero-order valence-corrected chi connectivity index (χ0v) is 13.0. The Labute approximate surface area is 138 Å². The van der Waals surface area contributed by atoms with Crippen molar-refractivity contribution in [3.05, 3.63) is 35.5 Å². The minimum atomic E-state index is 0. The van der Waals surface area contributed by atoms with Crippen molar-refractivity contribution in [3.63, 3.8) is 0 Å². The number of rotatable bonds is 0. The summed E-state index contributed by atoms with van der Waals surface area (Å²) >= 11 is 0. The molecule has 0 aromatic carbocycles. The quantitative estimate of drug-likeness (QED) is 0.578. The van der Waals surface area contributed by atoms with Crippen molar-refractivity contribution in [2.45, 2.75) is 38.5 Å². The molecule has 22 heavy (non-hydrogen) atoms. The number of carbonyl (C=O) groups is 3. The van der Waals surface area contributed by atoms with Crippen LogP contribution in [0.15, 0.2) is 35.5 Å². The molecule has 0 saturated carbocycles. The first kappa shape index (κ1) is 20.1. The first-order valence-electron chi connectivity index (χ1n) is 6.64. The Hall–Kier alpha value is -1.85. The van der Waals surface area contributed by atoms with Gasteiger partial charge in [0.05, 0.1) is 17.3 Å². The van der Waals surface area contributed by atoms with Gasteiger partial charge in [0.2, 0.25) is 0 Å². The van der Waals surface area contributed by atoms with Crippen LogP contribution in [0.3, 0.4) is 0 Å². The molecule has 119 valence electrons. The van der Waals surface area contributed by atoms with E-state index in [1.807, 2.05) is 0 Å². The van der Waals surface area contributed by atoms with Gasteiger partial charge in [0.15, 0.2) is 17.3 Å². The van der Waals surface area contributed by atoms with E-state index in [2.05, 4.69) is 0 Å². The maximum Gasteiger partial charge on any atom is 3.00 e. The summed E-state index contributed by atoms with van der Waals surface area (Å²) in [6.07, 6.45) is 6.93. The molecule has 0 bridgehead atoms. The number of aliphatic hydroxyl groups excluding tert-OH is 3. The molecule has 0 saturated heterocycles. The average molecular weight is 350 g/mol. The normalized spacial score (nSPS) is 19.1. The molecule has 3 N–H and O–H groups in total. The monoisotopic (exact) mass is 350 g/mol. The summed E-state index contributed by atoms with van der Waals surface area (Å²) in [5.41, 5.74) is 0. The molecule has 0 unspecified atom stereocenters. The number of hydrogen-bond acceptors (Lipinski definition) is 6. The van der Waals surface area contributed by atoms with Crippen LogP contribution < -0.4 is 0 Å². The van der Waals surface area contributed by atoms with Gasteiger partial charge >= 0.3 is 17.1 Å². The van der Waals surface area contributed by atoms with Crippen LogP contribution in [0.4, 0.5) is 0 Å². The molecule has 0 fully saturated rings. The van der Waals surface area contributed by atoms with Gasteiger partial charge in [-0.3, -0.25) is 14.4 Å². The molecule has 3 rings (SSSR count).